The molecule has 2 N–H and O–H groups in total. The van der Waals surface area contributed by atoms with Crippen LogP contribution in [-0.4, -0.2) is 36.2 Å². The van der Waals surface area contributed by atoms with Gasteiger partial charge in [0.15, 0.2) is 5.13 Å². The first kappa shape index (κ1) is 17.8. The molecule has 1 fully saturated rings. The van der Waals surface area contributed by atoms with Crippen molar-refractivity contribution >= 4 is 34.8 Å². The minimum atomic E-state index is -0.393. The van der Waals surface area contributed by atoms with Crippen LogP contribution in [0.25, 0.3) is 11.3 Å². The zero-order chi connectivity index (χ0) is 15.5. The van der Waals surface area contributed by atoms with E-state index in [0.717, 1.165) is 0 Å². The molecular weight excluding hydrogens is 341 g/mol. The number of carbonyl (C=O) groups excluding carboxylic acids is 1. The predicted molar refractivity (Wildman–Crippen MR) is 90.6 cm³/mol. The number of anilines is 1. The lowest BCUT2D eigenvalue weighted by atomic mass is 10.1. The maximum absolute atomic E-state index is 13.2. The Morgan fingerprint density at radius 2 is 2.35 bits per heavy atom. The molecule has 1 aliphatic heterocycles. The fourth-order valence-corrected chi connectivity index (χ4v) is 3.04. The van der Waals surface area contributed by atoms with Crippen LogP contribution in [0.3, 0.4) is 0 Å². The van der Waals surface area contributed by atoms with Crippen LogP contribution in [-0.2, 0) is 9.53 Å². The smallest absolute Gasteiger partial charge is 0.245 e. The first-order valence-electron chi connectivity index (χ1n) is 7.01. The van der Waals surface area contributed by atoms with Gasteiger partial charge in [0, 0.05) is 17.5 Å². The lowest BCUT2D eigenvalue weighted by Crippen LogP contribution is -2.53. The predicted octanol–water partition coefficient (Wildman–Crippen LogP) is 2.69. The molecule has 1 aromatic carbocycles. The Balaban J connectivity index is 0.00000192. The molecule has 1 saturated heterocycles. The Hall–Kier alpha value is -1.54. The van der Waals surface area contributed by atoms with Gasteiger partial charge in [-0.2, -0.15) is 0 Å². The van der Waals surface area contributed by atoms with Crippen molar-refractivity contribution in [3.63, 3.8) is 0 Å². The number of rotatable bonds is 3. The van der Waals surface area contributed by atoms with Crippen molar-refractivity contribution in [2.75, 3.05) is 18.5 Å². The highest BCUT2D eigenvalue weighted by Gasteiger charge is 2.28. The topological polar surface area (TPSA) is 63.2 Å². The van der Waals surface area contributed by atoms with E-state index in [1.54, 1.807) is 17.5 Å². The molecule has 0 radical (unpaired) electrons. The number of hydrogen-bond donors (Lipinski definition) is 2. The van der Waals surface area contributed by atoms with Crippen LogP contribution in [0.15, 0.2) is 29.6 Å². The van der Waals surface area contributed by atoms with E-state index in [0.29, 0.717) is 29.5 Å². The summed E-state index contributed by atoms with van der Waals surface area (Å²) in [7, 11) is 0. The molecule has 1 amide bonds. The Kier molecular flexibility index (Phi) is 6.06. The highest BCUT2D eigenvalue weighted by Crippen LogP contribution is 2.25. The summed E-state index contributed by atoms with van der Waals surface area (Å²) in [6.07, 6.45) is -0.184. The number of morpholine rings is 1. The van der Waals surface area contributed by atoms with Gasteiger partial charge in [-0.05, 0) is 19.1 Å². The van der Waals surface area contributed by atoms with Crippen LogP contribution in [0.5, 0.6) is 0 Å². The second kappa shape index (κ2) is 7.83. The number of nitrogens with zero attached hydrogens (tertiary/aromatic N) is 1. The minimum Gasteiger partial charge on any atom is -0.375 e. The van der Waals surface area contributed by atoms with Gasteiger partial charge in [-0.1, -0.05) is 12.1 Å². The molecule has 0 spiro atoms. The third-order valence-electron chi connectivity index (χ3n) is 3.45. The zero-order valence-corrected chi connectivity index (χ0v) is 14.0. The van der Waals surface area contributed by atoms with Gasteiger partial charge >= 0.3 is 0 Å². The lowest BCUT2D eigenvalue weighted by Gasteiger charge is -2.28. The van der Waals surface area contributed by atoms with E-state index >= 15 is 0 Å². The second-order valence-electron chi connectivity index (χ2n) is 5.05. The van der Waals surface area contributed by atoms with Crippen molar-refractivity contribution < 1.29 is 13.9 Å². The fourth-order valence-electron chi connectivity index (χ4n) is 2.32. The molecule has 0 unspecified atom stereocenters. The van der Waals surface area contributed by atoms with E-state index in [1.165, 1.54) is 23.5 Å². The monoisotopic (exact) mass is 357 g/mol. The van der Waals surface area contributed by atoms with Gasteiger partial charge in [0.1, 0.15) is 11.9 Å². The van der Waals surface area contributed by atoms with E-state index < -0.39 is 6.04 Å². The van der Waals surface area contributed by atoms with Gasteiger partial charge < -0.3 is 15.4 Å². The van der Waals surface area contributed by atoms with Crippen LogP contribution < -0.4 is 10.6 Å². The number of thiazole rings is 1. The zero-order valence-electron chi connectivity index (χ0n) is 12.4. The largest absolute Gasteiger partial charge is 0.375 e. The summed E-state index contributed by atoms with van der Waals surface area (Å²) < 4.78 is 18.7. The third-order valence-corrected chi connectivity index (χ3v) is 4.21. The fraction of sp³-hybridized carbons (Fsp3) is 0.333. The molecule has 3 rings (SSSR count). The number of halogens is 2. The van der Waals surface area contributed by atoms with Crippen LogP contribution in [0.4, 0.5) is 9.52 Å². The molecule has 2 heterocycles. The summed E-state index contributed by atoms with van der Waals surface area (Å²) in [4.78, 5) is 16.6. The normalized spacial score (nSPS) is 20.6. The second-order valence-corrected chi connectivity index (χ2v) is 5.90. The van der Waals surface area contributed by atoms with Gasteiger partial charge in [-0.15, -0.1) is 23.7 Å². The molecule has 5 nitrogen and oxygen atoms in total. The number of aromatic nitrogens is 1. The molecule has 0 saturated carbocycles. The van der Waals surface area contributed by atoms with E-state index in [2.05, 4.69) is 15.6 Å². The number of amides is 1. The van der Waals surface area contributed by atoms with Crippen molar-refractivity contribution in [2.24, 2.45) is 0 Å². The van der Waals surface area contributed by atoms with Gasteiger partial charge in [-0.3, -0.25) is 4.79 Å². The number of hydrogen-bond acceptors (Lipinski definition) is 5. The Labute approximate surface area is 143 Å². The molecular formula is C15H17ClFN3O2S. The summed E-state index contributed by atoms with van der Waals surface area (Å²) >= 11 is 1.31. The summed E-state index contributed by atoms with van der Waals surface area (Å²) in [6, 6.07) is 5.82. The first-order valence-corrected chi connectivity index (χ1v) is 7.89. The SMILES string of the molecule is C[C@H]1OCCN[C@@H]1C(=O)Nc1nc(-c2cccc(F)c2)cs1.Cl. The summed E-state index contributed by atoms with van der Waals surface area (Å²) in [5, 5.41) is 8.18. The molecule has 8 heteroatoms. The molecule has 0 bridgehead atoms. The van der Waals surface area contributed by atoms with Crippen molar-refractivity contribution in [3.8, 4) is 11.3 Å². The van der Waals surface area contributed by atoms with Crippen molar-refractivity contribution in [1.82, 2.24) is 10.3 Å². The first-order chi connectivity index (χ1) is 10.6. The van der Waals surface area contributed by atoms with Crippen LogP contribution in [0.1, 0.15) is 6.92 Å². The summed E-state index contributed by atoms with van der Waals surface area (Å²) in [5.74, 6) is -0.485. The Morgan fingerprint density at radius 3 is 3.09 bits per heavy atom. The Morgan fingerprint density at radius 1 is 1.52 bits per heavy atom. The molecule has 0 aliphatic carbocycles. The standard InChI is InChI=1S/C15H16FN3O2S.ClH/c1-9-13(17-5-6-21-9)14(20)19-15-18-12(8-22-15)10-3-2-4-11(16)7-10;/h2-4,7-9,13,17H,5-6H2,1H3,(H,18,19,20);1H/t9-,13+;/m1./s1. The van der Waals surface area contributed by atoms with E-state index in [9.17, 15) is 9.18 Å². The van der Waals surface area contributed by atoms with Gasteiger partial charge in [-0.25, -0.2) is 9.37 Å². The molecule has 1 aromatic heterocycles. The average Bonchev–Trinajstić information content (AvgIpc) is 2.96. The molecule has 2 aromatic rings. The van der Waals surface area contributed by atoms with E-state index in [1.807, 2.05) is 6.92 Å². The number of nitrogens with one attached hydrogen (secondary N) is 2. The molecule has 23 heavy (non-hydrogen) atoms. The number of carbonyl (C=O) groups is 1. The molecule has 1 aliphatic rings. The molecule has 2 atom stereocenters. The van der Waals surface area contributed by atoms with Gasteiger partial charge in [0.05, 0.1) is 18.4 Å². The van der Waals surface area contributed by atoms with E-state index in [-0.39, 0.29) is 30.2 Å². The van der Waals surface area contributed by atoms with Crippen molar-refractivity contribution in [3.05, 3.63) is 35.5 Å². The third kappa shape index (κ3) is 4.26. The maximum Gasteiger partial charge on any atom is 0.245 e. The number of ether oxygens (including phenoxy) is 1. The van der Waals surface area contributed by atoms with Crippen LogP contribution >= 0.6 is 23.7 Å². The quantitative estimate of drug-likeness (QED) is 0.886. The van der Waals surface area contributed by atoms with Crippen molar-refractivity contribution in [2.45, 2.75) is 19.1 Å². The van der Waals surface area contributed by atoms with E-state index in [4.69, 9.17) is 4.74 Å². The lowest BCUT2D eigenvalue weighted by molar-refractivity contribution is -0.123. The molecule has 124 valence electrons. The van der Waals surface area contributed by atoms with Gasteiger partial charge in [0.2, 0.25) is 5.91 Å². The Bertz CT molecular complexity index is 682. The number of benzene rings is 1. The van der Waals surface area contributed by atoms with Crippen molar-refractivity contribution in [1.29, 1.82) is 0 Å². The van der Waals surface area contributed by atoms with Crippen LogP contribution in [0, 0.1) is 5.82 Å². The van der Waals surface area contributed by atoms with Gasteiger partial charge in [0.25, 0.3) is 0 Å². The summed E-state index contributed by atoms with van der Waals surface area (Å²) in [5.41, 5.74) is 1.32. The van der Waals surface area contributed by atoms with Crippen LogP contribution in [0.2, 0.25) is 0 Å². The summed E-state index contributed by atoms with van der Waals surface area (Å²) in [6.45, 7) is 3.11. The highest BCUT2D eigenvalue weighted by molar-refractivity contribution is 7.14. The minimum absolute atomic E-state index is 0. The maximum atomic E-state index is 13.2. The highest BCUT2D eigenvalue weighted by atomic mass is 35.5. The average molecular weight is 358 g/mol.